The lowest BCUT2D eigenvalue weighted by Gasteiger charge is -2.21. The Morgan fingerprint density at radius 3 is 2.70 bits per heavy atom. The van der Waals surface area contributed by atoms with E-state index in [1.54, 1.807) is 25.4 Å². The number of aromatic nitrogens is 3. The van der Waals surface area contributed by atoms with Gasteiger partial charge >= 0.3 is 0 Å². The first-order valence-corrected chi connectivity index (χ1v) is 11.0. The largest absolute Gasteiger partial charge is 0.497 e. The molecule has 3 aromatic rings. The Morgan fingerprint density at radius 2 is 1.94 bits per heavy atom. The van der Waals surface area contributed by atoms with E-state index < -0.39 is 0 Å². The number of fused-ring (bicyclic) bond motifs is 1. The molecule has 1 aromatic carbocycles. The van der Waals surface area contributed by atoms with E-state index in [2.05, 4.69) is 4.98 Å². The second kappa shape index (κ2) is 10.4. The molecule has 0 spiro atoms. The van der Waals surface area contributed by atoms with E-state index in [4.69, 9.17) is 24.5 Å². The number of aliphatic hydroxyl groups excluding tert-OH is 1. The van der Waals surface area contributed by atoms with E-state index in [-0.39, 0.29) is 25.5 Å². The maximum absolute atomic E-state index is 12.8. The second-order valence-corrected chi connectivity index (χ2v) is 8.02. The number of anilines is 1. The van der Waals surface area contributed by atoms with Gasteiger partial charge < -0.3 is 19.5 Å². The van der Waals surface area contributed by atoms with Gasteiger partial charge in [0.15, 0.2) is 11.6 Å². The molecule has 0 amide bonds. The van der Waals surface area contributed by atoms with Crippen LogP contribution in [0, 0.1) is 0 Å². The summed E-state index contributed by atoms with van der Waals surface area (Å²) in [6.45, 7) is 0.396. The van der Waals surface area contributed by atoms with E-state index >= 15 is 0 Å². The number of aliphatic hydroxyl groups is 1. The number of benzene rings is 1. The summed E-state index contributed by atoms with van der Waals surface area (Å²) in [7, 11) is 3.52. The molecule has 0 saturated carbocycles. The molecule has 1 aliphatic carbocycles. The Bertz CT molecular complexity index is 1120. The first kappa shape index (κ1) is 22.7. The van der Waals surface area contributed by atoms with Crippen LogP contribution >= 0.6 is 0 Å². The van der Waals surface area contributed by atoms with Gasteiger partial charge in [-0.2, -0.15) is 0 Å². The molecule has 33 heavy (non-hydrogen) atoms. The first-order valence-electron chi connectivity index (χ1n) is 11.0. The van der Waals surface area contributed by atoms with Crippen LogP contribution in [0.3, 0.4) is 0 Å². The van der Waals surface area contributed by atoms with Crippen LogP contribution in [-0.4, -0.2) is 59.8 Å². The summed E-state index contributed by atoms with van der Waals surface area (Å²) in [5.74, 6) is 2.76. The number of aryl methyl sites for hydroxylation is 1. The van der Waals surface area contributed by atoms with Gasteiger partial charge in [0.25, 0.3) is 0 Å². The highest BCUT2D eigenvalue weighted by molar-refractivity contribution is 5.85. The van der Waals surface area contributed by atoms with Crippen molar-refractivity contribution in [3.8, 4) is 23.0 Å². The molecule has 2 heterocycles. The van der Waals surface area contributed by atoms with Crippen molar-refractivity contribution in [2.75, 3.05) is 38.8 Å². The topological polar surface area (TPSA) is 97.7 Å². The number of methoxy groups -OCH3 is 1. The van der Waals surface area contributed by atoms with Crippen LogP contribution in [0.1, 0.15) is 23.2 Å². The summed E-state index contributed by atoms with van der Waals surface area (Å²) in [4.78, 5) is 28.7. The highest BCUT2D eigenvalue weighted by atomic mass is 16.5. The number of carbonyl (C=O) groups excluding carboxylic acids is 1. The van der Waals surface area contributed by atoms with Gasteiger partial charge in [-0.3, -0.25) is 9.78 Å². The molecular weight excluding hydrogens is 420 g/mol. The number of rotatable bonds is 10. The highest BCUT2D eigenvalue weighted by Crippen LogP contribution is 2.31. The maximum atomic E-state index is 12.8. The molecule has 172 valence electrons. The number of pyridine rings is 1. The normalized spacial score (nSPS) is 12.3. The Kier molecular flexibility index (Phi) is 7.14. The zero-order valence-corrected chi connectivity index (χ0v) is 19.0. The van der Waals surface area contributed by atoms with E-state index in [9.17, 15) is 4.79 Å². The molecule has 2 aromatic heterocycles. The van der Waals surface area contributed by atoms with Gasteiger partial charge in [-0.05, 0) is 43.0 Å². The summed E-state index contributed by atoms with van der Waals surface area (Å²) in [6.07, 6.45) is 4.78. The third-order valence-electron chi connectivity index (χ3n) is 5.57. The summed E-state index contributed by atoms with van der Waals surface area (Å²) < 4.78 is 10.7. The molecule has 1 N–H and O–H groups in total. The van der Waals surface area contributed by atoms with Crippen LogP contribution < -0.4 is 14.4 Å². The van der Waals surface area contributed by atoms with Gasteiger partial charge in [-0.1, -0.05) is 12.1 Å². The van der Waals surface area contributed by atoms with E-state index in [1.165, 1.54) is 0 Å². The number of ketones is 1. The number of hydrogen-bond acceptors (Lipinski definition) is 8. The van der Waals surface area contributed by atoms with Crippen molar-refractivity contribution in [1.82, 2.24) is 15.0 Å². The van der Waals surface area contributed by atoms with Crippen molar-refractivity contribution >= 4 is 11.6 Å². The van der Waals surface area contributed by atoms with Crippen molar-refractivity contribution in [1.29, 1.82) is 0 Å². The van der Waals surface area contributed by atoms with Crippen LogP contribution in [0.5, 0.6) is 11.5 Å². The number of carbonyl (C=O) groups is 1. The molecule has 0 atom stereocenters. The summed E-state index contributed by atoms with van der Waals surface area (Å²) in [5.41, 5.74) is 3.66. The SMILES string of the molecule is COc1ccc(CC(=O)CN(C)c2nc(-c3cc(OCCO)ccn3)nc3c2CCC3)cc1. The van der Waals surface area contributed by atoms with Gasteiger partial charge in [0.05, 0.1) is 20.3 Å². The lowest BCUT2D eigenvalue weighted by molar-refractivity contribution is -0.117. The monoisotopic (exact) mass is 448 g/mol. The van der Waals surface area contributed by atoms with Crippen molar-refractivity contribution in [2.45, 2.75) is 25.7 Å². The fraction of sp³-hybridized carbons (Fsp3) is 0.360. The van der Waals surface area contributed by atoms with Crippen LogP contribution in [0.4, 0.5) is 5.82 Å². The fourth-order valence-corrected chi connectivity index (χ4v) is 4.00. The molecule has 1 aliphatic rings. The molecule has 0 fully saturated rings. The van der Waals surface area contributed by atoms with Crippen LogP contribution in [0.25, 0.3) is 11.5 Å². The predicted molar refractivity (Wildman–Crippen MR) is 125 cm³/mol. The number of Topliss-reactive ketones (excluding diaryl/α,β-unsaturated/α-hetero) is 1. The zero-order valence-electron chi connectivity index (χ0n) is 19.0. The average molecular weight is 449 g/mol. The van der Waals surface area contributed by atoms with Crippen LogP contribution in [0.15, 0.2) is 42.6 Å². The molecule has 0 unspecified atom stereocenters. The van der Waals surface area contributed by atoms with Crippen molar-refractivity contribution < 1.29 is 19.4 Å². The van der Waals surface area contributed by atoms with E-state index in [0.717, 1.165) is 47.7 Å². The van der Waals surface area contributed by atoms with Gasteiger partial charge in [-0.25, -0.2) is 9.97 Å². The third kappa shape index (κ3) is 5.46. The Hall–Kier alpha value is -3.52. The first-order chi connectivity index (χ1) is 16.1. The number of hydrogen-bond donors (Lipinski definition) is 1. The van der Waals surface area contributed by atoms with Crippen molar-refractivity contribution in [2.24, 2.45) is 0 Å². The predicted octanol–water partition coefficient (Wildman–Crippen LogP) is 2.66. The standard InChI is InChI=1S/C25H28N4O4/c1-29(16-18(31)14-17-6-8-19(32-2)9-7-17)25-21-4-3-5-22(21)27-24(28-25)23-15-20(10-11-26-23)33-13-12-30/h6-11,15,30H,3-5,12-14,16H2,1-2H3. The molecule has 4 rings (SSSR count). The lowest BCUT2D eigenvalue weighted by Crippen LogP contribution is -2.28. The average Bonchev–Trinajstić information content (AvgIpc) is 3.31. The molecule has 8 heteroatoms. The third-order valence-corrected chi connectivity index (χ3v) is 5.57. The zero-order chi connectivity index (χ0) is 23.2. The maximum Gasteiger partial charge on any atom is 0.180 e. The van der Waals surface area contributed by atoms with Crippen molar-refractivity contribution in [3.05, 3.63) is 59.4 Å². The minimum absolute atomic E-state index is 0.0630. The van der Waals surface area contributed by atoms with Crippen LogP contribution in [0.2, 0.25) is 0 Å². The minimum atomic E-state index is -0.0630. The molecule has 0 aliphatic heterocycles. The van der Waals surface area contributed by atoms with Crippen LogP contribution in [-0.2, 0) is 24.1 Å². The van der Waals surface area contributed by atoms with E-state index in [0.29, 0.717) is 23.7 Å². The molecule has 8 nitrogen and oxygen atoms in total. The van der Waals surface area contributed by atoms with Gasteiger partial charge in [-0.15, -0.1) is 0 Å². The second-order valence-electron chi connectivity index (χ2n) is 8.02. The molecular formula is C25H28N4O4. The smallest absolute Gasteiger partial charge is 0.180 e. The minimum Gasteiger partial charge on any atom is -0.497 e. The molecule has 0 saturated heterocycles. The number of nitrogens with zero attached hydrogens (tertiary/aromatic N) is 4. The summed E-state index contributed by atoms with van der Waals surface area (Å²) in [6, 6.07) is 11.1. The molecule has 0 radical (unpaired) electrons. The van der Waals surface area contributed by atoms with Gasteiger partial charge in [0, 0.05) is 37.0 Å². The van der Waals surface area contributed by atoms with Crippen molar-refractivity contribution in [3.63, 3.8) is 0 Å². The quantitative estimate of drug-likeness (QED) is 0.506. The molecule has 0 bridgehead atoms. The van der Waals surface area contributed by atoms with Gasteiger partial charge in [0.2, 0.25) is 0 Å². The lowest BCUT2D eigenvalue weighted by atomic mass is 10.1. The fourth-order valence-electron chi connectivity index (χ4n) is 4.00. The van der Waals surface area contributed by atoms with E-state index in [1.807, 2.05) is 36.2 Å². The summed E-state index contributed by atoms with van der Waals surface area (Å²) in [5, 5.41) is 9.00. The Labute approximate surface area is 193 Å². The summed E-state index contributed by atoms with van der Waals surface area (Å²) >= 11 is 0. The number of ether oxygens (including phenoxy) is 2. The Morgan fingerprint density at radius 1 is 1.12 bits per heavy atom. The number of likely N-dealkylation sites (N-methyl/N-ethyl adjacent to an activating group) is 1. The van der Waals surface area contributed by atoms with Gasteiger partial charge in [0.1, 0.15) is 29.6 Å². The Balaban J connectivity index is 1.54. The highest BCUT2D eigenvalue weighted by Gasteiger charge is 2.23.